The first-order chi connectivity index (χ1) is 9.49. The first kappa shape index (κ1) is 14.4. The number of ether oxygens (including phenoxy) is 2. The predicted octanol–water partition coefficient (Wildman–Crippen LogP) is 3.55. The van der Waals surface area contributed by atoms with Crippen LogP contribution in [0.3, 0.4) is 0 Å². The highest BCUT2D eigenvalue weighted by Crippen LogP contribution is 2.29. The lowest BCUT2D eigenvalue weighted by molar-refractivity contribution is 0.0597. The number of carbonyl (C=O) groups is 1. The van der Waals surface area contributed by atoms with Crippen molar-refractivity contribution in [3.05, 3.63) is 46.1 Å². The minimum atomic E-state index is -0.604. The second kappa shape index (κ2) is 5.98. The number of benzene rings is 1. The van der Waals surface area contributed by atoms with Crippen LogP contribution in [0.5, 0.6) is 11.6 Å². The van der Waals surface area contributed by atoms with E-state index in [9.17, 15) is 4.79 Å². The number of nitrogens with two attached hydrogens (primary N) is 1. The molecule has 1 aromatic carbocycles. The number of pyridine rings is 1. The smallest absolute Gasteiger partial charge is 0.343 e. The minimum Gasteiger partial charge on any atom is -0.465 e. The molecule has 0 radical (unpaired) electrons. The Bertz CT molecular complexity index is 642. The van der Waals surface area contributed by atoms with E-state index in [0.717, 1.165) is 0 Å². The molecule has 1 heterocycles. The average molecular weight is 313 g/mol. The van der Waals surface area contributed by atoms with Crippen molar-refractivity contribution >= 4 is 34.9 Å². The molecule has 0 atom stereocenters. The third kappa shape index (κ3) is 3.31. The third-order valence-corrected chi connectivity index (χ3v) is 2.76. The summed E-state index contributed by atoms with van der Waals surface area (Å²) < 4.78 is 10.2. The standard InChI is InChI=1S/C13H10Cl2N2O3/c1-19-13(18)11-5-9(16)6-17-12(11)20-10-3-7(14)2-8(15)4-10/h2-6H,16H2,1H3. The molecule has 0 aliphatic heterocycles. The quantitative estimate of drug-likeness (QED) is 0.877. The van der Waals surface area contributed by atoms with E-state index < -0.39 is 5.97 Å². The molecule has 104 valence electrons. The summed E-state index contributed by atoms with van der Waals surface area (Å²) in [4.78, 5) is 15.6. The number of halogens is 2. The molecule has 5 nitrogen and oxygen atoms in total. The number of rotatable bonds is 3. The Morgan fingerprint density at radius 2 is 1.85 bits per heavy atom. The lowest BCUT2D eigenvalue weighted by Crippen LogP contribution is -2.06. The van der Waals surface area contributed by atoms with Crippen LogP contribution in [0.4, 0.5) is 5.69 Å². The summed E-state index contributed by atoms with van der Waals surface area (Å²) in [7, 11) is 1.26. The summed E-state index contributed by atoms with van der Waals surface area (Å²) in [5.41, 5.74) is 6.03. The van der Waals surface area contributed by atoms with Crippen LogP contribution in [-0.2, 0) is 4.74 Å². The van der Waals surface area contributed by atoms with Crippen LogP contribution in [0.25, 0.3) is 0 Å². The lowest BCUT2D eigenvalue weighted by Gasteiger charge is -2.10. The van der Waals surface area contributed by atoms with E-state index in [-0.39, 0.29) is 11.4 Å². The van der Waals surface area contributed by atoms with Crippen molar-refractivity contribution < 1.29 is 14.3 Å². The van der Waals surface area contributed by atoms with Crippen molar-refractivity contribution in [1.29, 1.82) is 0 Å². The molecule has 0 aliphatic carbocycles. The van der Waals surface area contributed by atoms with E-state index in [2.05, 4.69) is 9.72 Å². The molecule has 2 aromatic rings. The zero-order valence-electron chi connectivity index (χ0n) is 10.4. The molecule has 2 N–H and O–H groups in total. The minimum absolute atomic E-state index is 0.0596. The molecule has 0 fully saturated rings. The van der Waals surface area contributed by atoms with Crippen molar-refractivity contribution in [3.63, 3.8) is 0 Å². The fourth-order valence-electron chi connectivity index (χ4n) is 1.50. The van der Waals surface area contributed by atoms with Crippen LogP contribution in [0.1, 0.15) is 10.4 Å². The van der Waals surface area contributed by atoms with E-state index in [4.69, 9.17) is 33.7 Å². The molecule has 0 spiro atoms. The summed E-state index contributed by atoms with van der Waals surface area (Å²) in [6.45, 7) is 0. The molecule has 0 aliphatic rings. The summed E-state index contributed by atoms with van der Waals surface area (Å²) in [6.07, 6.45) is 1.37. The van der Waals surface area contributed by atoms with E-state index in [1.54, 1.807) is 18.2 Å². The molecule has 1 aromatic heterocycles. The van der Waals surface area contributed by atoms with Crippen molar-refractivity contribution in [2.45, 2.75) is 0 Å². The Morgan fingerprint density at radius 3 is 2.45 bits per heavy atom. The van der Waals surface area contributed by atoms with Gasteiger partial charge in [0.1, 0.15) is 11.3 Å². The van der Waals surface area contributed by atoms with Crippen LogP contribution in [-0.4, -0.2) is 18.1 Å². The first-order valence-corrected chi connectivity index (χ1v) is 6.23. The van der Waals surface area contributed by atoms with Crippen molar-refractivity contribution in [3.8, 4) is 11.6 Å². The topological polar surface area (TPSA) is 74.4 Å². The fourth-order valence-corrected chi connectivity index (χ4v) is 2.01. The normalized spacial score (nSPS) is 10.2. The molecule has 0 bridgehead atoms. The Morgan fingerprint density at radius 1 is 1.20 bits per heavy atom. The highest BCUT2D eigenvalue weighted by Gasteiger charge is 2.16. The molecule has 0 saturated heterocycles. The molecule has 0 unspecified atom stereocenters. The highest BCUT2D eigenvalue weighted by molar-refractivity contribution is 6.34. The van der Waals surface area contributed by atoms with Gasteiger partial charge in [-0.15, -0.1) is 0 Å². The average Bonchev–Trinajstić information content (AvgIpc) is 2.38. The number of hydrogen-bond donors (Lipinski definition) is 1. The first-order valence-electron chi connectivity index (χ1n) is 5.47. The fraction of sp³-hybridized carbons (Fsp3) is 0.0769. The number of nitrogen functional groups attached to an aromatic ring is 1. The monoisotopic (exact) mass is 312 g/mol. The molecule has 20 heavy (non-hydrogen) atoms. The Balaban J connectivity index is 2.40. The van der Waals surface area contributed by atoms with Crippen LogP contribution in [0, 0.1) is 0 Å². The number of anilines is 1. The third-order valence-electron chi connectivity index (χ3n) is 2.33. The van der Waals surface area contributed by atoms with Gasteiger partial charge in [0, 0.05) is 10.0 Å². The molecule has 2 rings (SSSR count). The zero-order valence-corrected chi connectivity index (χ0v) is 11.9. The van der Waals surface area contributed by atoms with Gasteiger partial charge >= 0.3 is 5.97 Å². The maximum Gasteiger partial charge on any atom is 0.343 e. The zero-order chi connectivity index (χ0) is 14.7. The predicted molar refractivity (Wildman–Crippen MR) is 76.5 cm³/mol. The number of esters is 1. The SMILES string of the molecule is COC(=O)c1cc(N)cnc1Oc1cc(Cl)cc(Cl)c1. The number of methoxy groups -OCH3 is 1. The van der Waals surface area contributed by atoms with Crippen molar-refractivity contribution in [1.82, 2.24) is 4.98 Å². The van der Waals surface area contributed by atoms with Crippen LogP contribution < -0.4 is 10.5 Å². The summed E-state index contributed by atoms with van der Waals surface area (Å²) in [6, 6.07) is 6.08. The van der Waals surface area contributed by atoms with Gasteiger partial charge in [0.2, 0.25) is 5.88 Å². The van der Waals surface area contributed by atoms with Crippen LogP contribution >= 0.6 is 23.2 Å². The molecular weight excluding hydrogens is 303 g/mol. The van der Waals surface area contributed by atoms with E-state index >= 15 is 0 Å². The van der Waals surface area contributed by atoms with Gasteiger partial charge in [-0.25, -0.2) is 9.78 Å². The van der Waals surface area contributed by atoms with Gasteiger partial charge < -0.3 is 15.2 Å². The second-order valence-electron chi connectivity index (χ2n) is 3.82. The summed E-state index contributed by atoms with van der Waals surface area (Å²) in [5.74, 6) is -0.192. The number of aromatic nitrogens is 1. The number of nitrogens with zero attached hydrogens (tertiary/aromatic N) is 1. The van der Waals surface area contributed by atoms with E-state index in [1.165, 1.54) is 19.4 Å². The van der Waals surface area contributed by atoms with E-state index in [0.29, 0.717) is 21.5 Å². The van der Waals surface area contributed by atoms with Gasteiger partial charge in [-0.1, -0.05) is 23.2 Å². The van der Waals surface area contributed by atoms with Gasteiger partial charge in [-0.2, -0.15) is 0 Å². The van der Waals surface area contributed by atoms with Crippen LogP contribution in [0.2, 0.25) is 10.0 Å². The highest BCUT2D eigenvalue weighted by atomic mass is 35.5. The Labute approximate surface area is 125 Å². The maximum absolute atomic E-state index is 11.7. The van der Waals surface area contributed by atoms with Gasteiger partial charge in [-0.05, 0) is 24.3 Å². The molecule has 7 heteroatoms. The molecular formula is C13H10Cl2N2O3. The Kier molecular flexibility index (Phi) is 4.32. The Hall–Kier alpha value is -1.98. The number of carbonyl (C=O) groups excluding carboxylic acids is 1. The summed E-state index contributed by atoms with van der Waals surface area (Å²) >= 11 is 11.7. The molecule has 0 amide bonds. The number of hydrogen-bond acceptors (Lipinski definition) is 5. The van der Waals surface area contributed by atoms with Gasteiger partial charge in [0.25, 0.3) is 0 Å². The van der Waals surface area contributed by atoms with Gasteiger partial charge in [-0.3, -0.25) is 0 Å². The second-order valence-corrected chi connectivity index (χ2v) is 4.69. The van der Waals surface area contributed by atoms with Crippen molar-refractivity contribution in [2.24, 2.45) is 0 Å². The largest absolute Gasteiger partial charge is 0.465 e. The van der Waals surface area contributed by atoms with Gasteiger partial charge in [0.15, 0.2) is 0 Å². The maximum atomic E-state index is 11.7. The van der Waals surface area contributed by atoms with E-state index in [1.807, 2.05) is 0 Å². The van der Waals surface area contributed by atoms with Crippen molar-refractivity contribution in [2.75, 3.05) is 12.8 Å². The van der Waals surface area contributed by atoms with Crippen LogP contribution in [0.15, 0.2) is 30.5 Å². The lowest BCUT2D eigenvalue weighted by atomic mass is 10.2. The molecule has 0 saturated carbocycles. The van der Waals surface area contributed by atoms with Gasteiger partial charge in [0.05, 0.1) is 19.0 Å². The summed E-state index contributed by atoms with van der Waals surface area (Å²) in [5, 5.41) is 0.810.